The molecule has 0 aromatic carbocycles. The Hall–Kier alpha value is -0.640. The van der Waals surface area contributed by atoms with Gasteiger partial charge in [0.1, 0.15) is 12.8 Å². The molecule has 2 unspecified atom stereocenters. The number of carbonyl (C=O) groups excluding carboxylic acids is 1. The van der Waals surface area contributed by atoms with Crippen LogP contribution in [0.4, 0.5) is 4.39 Å². The van der Waals surface area contributed by atoms with Crippen LogP contribution in [-0.2, 0) is 9.53 Å². The molecule has 0 fully saturated rings. The summed E-state index contributed by atoms with van der Waals surface area (Å²) >= 11 is 0. The van der Waals surface area contributed by atoms with Gasteiger partial charge < -0.3 is 10.1 Å². The molecule has 0 heterocycles. The monoisotopic (exact) mass is 163 g/mol. The minimum Gasteiger partial charge on any atom is -0.372 e. The molecule has 0 aliphatic rings. The van der Waals surface area contributed by atoms with E-state index in [4.69, 9.17) is 4.74 Å². The highest BCUT2D eigenvalue weighted by Gasteiger charge is 2.13. The van der Waals surface area contributed by atoms with E-state index < -0.39 is 18.8 Å². The maximum Gasteiger partial charge on any atom is 0.249 e. The summed E-state index contributed by atoms with van der Waals surface area (Å²) in [5.74, 6) is -0.280. The summed E-state index contributed by atoms with van der Waals surface area (Å²) in [4.78, 5) is 10.9. The van der Waals surface area contributed by atoms with Crippen LogP contribution < -0.4 is 5.32 Å². The number of amides is 1. The number of carbonyl (C=O) groups is 1. The summed E-state index contributed by atoms with van der Waals surface area (Å²) in [6.07, 6.45) is -0.510. The van der Waals surface area contributed by atoms with Crippen molar-refractivity contribution in [2.45, 2.75) is 26.0 Å². The van der Waals surface area contributed by atoms with Gasteiger partial charge in [-0.2, -0.15) is 0 Å². The zero-order chi connectivity index (χ0) is 8.85. The van der Waals surface area contributed by atoms with Gasteiger partial charge >= 0.3 is 0 Å². The minimum atomic E-state index is -0.553. The molecule has 0 aliphatic carbocycles. The van der Waals surface area contributed by atoms with Gasteiger partial charge in [-0.3, -0.25) is 4.79 Å². The van der Waals surface area contributed by atoms with Crippen molar-refractivity contribution in [1.82, 2.24) is 5.32 Å². The van der Waals surface area contributed by atoms with Gasteiger partial charge in [-0.1, -0.05) is 0 Å². The molecule has 0 saturated carbocycles. The van der Waals surface area contributed by atoms with Crippen molar-refractivity contribution in [3.8, 4) is 0 Å². The zero-order valence-electron chi connectivity index (χ0n) is 7.06. The lowest BCUT2D eigenvalue weighted by molar-refractivity contribution is -0.130. The van der Waals surface area contributed by atoms with Crippen LogP contribution in [0.3, 0.4) is 0 Å². The molecule has 0 bridgehead atoms. The summed E-state index contributed by atoms with van der Waals surface area (Å²) in [6, 6.07) is -0.430. The van der Waals surface area contributed by atoms with E-state index in [1.807, 2.05) is 0 Å². The van der Waals surface area contributed by atoms with Crippen molar-refractivity contribution in [3.05, 3.63) is 0 Å². The Balaban J connectivity index is 3.68. The first-order valence-electron chi connectivity index (χ1n) is 3.51. The van der Waals surface area contributed by atoms with Crippen LogP contribution in [-0.4, -0.2) is 31.8 Å². The zero-order valence-corrected chi connectivity index (χ0v) is 7.06. The fourth-order valence-electron chi connectivity index (χ4n) is 0.506. The molecule has 0 aromatic rings. The second-order valence-corrected chi connectivity index (χ2v) is 2.44. The fourth-order valence-corrected chi connectivity index (χ4v) is 0.506. The number of alkyl halides is 1. The Morgan fingerprint density at radius 2 is 2.18 bits per heavy atom. The SMILES string of the molecule is COC(C)C(=O)NC(C)CF. The number of rotatable bonds is 4. The van der Waals surface area contributed by atoms with Crippen LogP contribution in [0.5, 0.6) is 0 Å². The quantitative estimate of drug-likeness (QED) is 0.655. The van der Waals surface area contributed by atoms with E-state index in [9.17, 15) is 9.18 Å². The summed E-state index contributed by atoms with van der Waals surface area (Å²) in [5, 5.41) is 2.44. The molecule has 4 heteroatoms. The van der Waals surface area contributed by atoms with Crippen molar-refractivity contribution in [2.75, 3.05) is 13.8 Å². The third kappa shape index (κ3) is 3.93. The molecule has 3 nitrogen and oxygen atoms in total. The van der Waals surface area contributed by atoms with Gasteiger partial charge in [0.05, 0.1) is 6.04 Å². The van der Waals surface area contributed by atoms with E-state index in [1.165, 1.54) is 7.11 Å². The second kappa shape index (κ2) is 5.07. The molecule has 0 rings (SSSR count). The molecule has 0 aromatic heterocycles. The van der Waals surface area contributed by atoms with Crippen LogP contribution in [0.25, 0.3) is 0 Å². The fraction of sp³-hybridized carbons (Fsp3) is 0.857. The van der Waals surface area contributed by atoms with E-state index in [0.717, 1.165) is 0 Å². The number of halogens is 1. The van der Waals surface area contributed by atoms with Crippen molar-refractivity contribution in [1.29, 1.82) is 0 Å². The maximum absolute atomic E-state index is 11.9. The minimum absolute atomic E-state index is 0.280. The Labute approximate surface area is 65.9 Å². The maximum atomic E-state index is 11.9. The first-order valence-corrected chi connectivity index (χ1v) is 3.51. The second-order valence-electron chi connectivity index (χ2n) is 2.44. The molecular weight excluding hydrogens is 149 g/mol. The molecule has 2 atom stereocenters. The van der Waals surface area contributed by atoms with Crippen LogP contribution in [0.1, 0.15) is 13.8 Å². The molecule has 0 spiro atoms. The largest absolute Gasteiger partial charge is 0.372 e. The molecule has 66 valence electrons. The molecule has 11 heavy (non-hydrogen) atoms. The van der Waals surface area contributed by atoms with Crippen LogP contribution in [0.2, 0.25) is 0 Å². The Kier molecular flexibility index (Phi) is 4.77. The molecule has 0 aliphatic heterocycles. The van der Waals surface area contributed by atoms with E-state index in [-0.39, 0.29) is 5.91 Å². The number of hydrogen-bond donors (Lipinski definition) is 1. The Bertz CT molecular complexity index is 130. The van der Waals surface area contributed by atoms with Crippen LogP contribution in [0, 0.1) is 0 Å². The van der Waals surface area contributed by atoms with E-state index in [1.54, 1.807) is 13.8 Å². The van der Waals surface area contributed by atoms with Crippen molar-refractivity contribution < 1.29 is 13.9 Å². The molecular formula is C7H14FNO2. The topological polar surface area (TPSA) is 38.3 Å². The Morgan fingerprint density at radius 3 is 2.55 bits per heavy atom. The van der Waals surface area contributed by atoms with Gasteiger partial charge in [0.2, 0.25) is 5.91 Å². The summed E-state index contributed by atoms with van der Waals surface area (Å²) in [6.45, 7) is 2.66. The highest BCUT2D eigenvalue weighted by molar-refractivity contribution is 5.80. The van der Waals surface area contributed by atoms with Gasteiger partial charge in [0.25, 0.3) is 0 Å². The number of ether oxygens (including phenoxy) is 1. The van der Waals surface area contributed by atoms with Crippen LogP contribution in [0.15, 0.2) is 0 Å². The number of hydrogen-bond acceptors (Lipinski definition) is 2. The van der Waals surface area contributed by atoms with E-state index in [2.05, 4.69) is 5.32 Å². The summed E-state index contributed by atoms with van der Waals surface area (Å²) in [7, 11) is 1.43. The average molecular weight is 163 g/mol. The van der Waals surface area contributed by atoms with Crippen LogP contribution >= 0.6 is 0 Å². The molecule has 0 radical (unpaired) electrons. The standard InChI is InChI=1S/C7H14FNO2/c1-5(4-8)9-7(10)6(2)11-3/h5-6H,4H2,1-3H3,(H,9,10). The number of nitrogens with one attached hydrogen (secondary N) is 1. The lowest BCUT2D eigenvalue weighted by Gasteiger charge is -2.13. The predicted octanol–water partition coefficient (Wildman–Crippen LogP) is 0.495. The predicted molar refractivity (Wildman–Crippen MR) is 40.1 cm³/mol. The van der Waals surface area contributed by atoms with Gasteiger partial charge in [-0.05, 0) is 13.8 Å². The summed E-state index contributed by atoms with van der Waals surface area (Å²) in [5.41, 5.74) is 0. The molecule has 0 saturated heterocycles. The van der Waals surface area contributed by atoms with Crippen molar-refractivity contribution >= 4 is 5.91 Å². The molecule has 1 amide bonds. The lowest BCUT2D eigenvalue weighted by atomic mass is 10.3. The van der Waals surface area contributed by atoms with E-state index in [0.29, 0.717) is 0 Å². The van der Waals surface area contributed by atoms with Crippen molar-refractivity contribution in [2.24, 2.45) is 0 Å². The first-order chi connectivity index (χ1) is 5.11. The van der Waals surface area contributed by atoms with Gasteiger partial charge in [0.15, 0.2) is 0 Å². The van der Waals surface area contributed by atoms with Gasteiger partial charge in [-0.25, -0.2) is 4.39 Å². The first kappa shape index (κ1) is 10.4. The third-order valence-electron chi connectivity index (χ3n) is 1.34. The van der Waals surface area contributed by atoms with Crippen molar-refractivity contribution in [3.63, 3.8) is 0 Å². The van der Waals surface area contributed by atoms with Gasteiger partial charge in [0, 0.05) is 7.11 Å². The summed E-state index contributed by atoms with van der Waals surface area (Å²) < 4.78 is 16.6. The smallest absolute Gasteiger partial charge is 0.249 e. The third-order valence-corrected chi connectivity index (χ3v) is 1.34. The number of methoxy groups -OCH3 is 1. The average Bonchev–Trinajstić information content (AvgIpc) is 2.02. The van der Waals surface area contributed by atoms with E-state index >= 15 is 0 Å². The normalized spacial score (nSPS) is 15.6. The van der Waals surface area contributed by atoms with Gasteiger partial charge in [-0.15, -0.1) is 0 Å². The highest BCUT2D eigenvalue weighted by Crippen LogP contribution is 1.89. The highest BCUT2D eigenvalue weighted by atomic mass is 19.1. The molecule has 1 N–H and O–H groups in total. The lowest BCUT2D eigenvalue weighted by Crippen LogP contribution is -2.40. The Morgan fingerprint density at radius 1 is 1.64 bits per heavy atom.